The van der Waals surface area contributed by atoms with Crippen molar-refractivity contribution in [3.63, 3.8) is 0 Å². The molecule has 0 aliphatic carbocycles. The highest BCUT2D eigenvalue weighted by molar-refractivity contribution is 9.10. The Morgan fingerprint density at radius 3 is 2.43 bits per heavy atom. The average Bonchev–Trinajstić information content (AvgIpc) is 3.44. The number of halogens is 1. The van der Waals surface area contributed by atoms with Crippen molar-refractivity contribution in [3.05, 3.63) is 82.3 Å². The molecule has 0 aromatic heterocycles. The number of aliphatic hydroxyl groups is 1. The maximum Gasteiger partial charge on any atom is 0.264 e. The van der Waals surface area contributed by atoms with Gasteiger partial charge in [-0.2, -0.15) is 0 Å². The van der Waals surface area contributed by atoms with Gasteiger partial charge >= 0.3 is 0 Å². The first-order chi connectivity index (χ1) is 21.1. The lowest BCUT2D eigenvalue weighted by atomic mass is 9.82. The number of piperidine rings is 1. The summed E-state index contributed by atoms with van der Waals surface area (Å²) in [6.45, 7) is 7.99. The van der Waals surface area contributed by atoms with Crippen molar-refractivity contribution >= 4 is 52.4 Å². The van der Waals surface area contributed by atoms with Crippen LogP contribution in [-0.2, 0) is 26.5 Å². The first-order valence-corrected chi connectivity index (χ1v) is 19.4. The monoisotopic (exact) mass is 676 g/mol. The first-order valence-electron chi connectivity index (χ1n) is 15.6. The summed E-state index contributed by atoms with van der Waals surface area (Å²) in [5.74, 6) is 0.799. The fourth-order valence-corrected chi connectivity index (χ4v) is 12.3. The van der Waals surface area contributed by atoms with E-state index >= 15 is 0 Å². The fraction of sp³-hybridized carbons (Fsp3) is 0.429. The van der Waals surface area contributed by atoms with Crippen LogP contribution in [-0.4, -0.2) is 51.4 Å². The molecule has 1 spiro atoms. The Morgan fingerprint density at radius 2 is 1.77 bits per heavy atom. The standard InChI is InChI=1S/C35H41BrN2O5Si/c1-23-33(44(3,4)28-15-13-27(42-2)14-16-28)31(18-20-39)43-35(23)29-21-25(36)10-17-30(29)38(34(35)41)22-24-8-11-26(12-9-24)37-19-6-5-7-32(37)40/h8-17,21,23,31,33,39H,5-7,18-20,22H2,1-4H3/t23-,31+,33-,35+/m0/s1. The summed E-state index contributed by atoms with van der Waals surface area (Å²) < 4.78 is 13.3. The molecule has 0 unspecified atom stereocenters. The minimum Gasteiger partial charge on any atom is -0.497 e. The van der Waals surface area contributed by atoms with Gasteiger partial charge in [-0.3, -0.25) is 9.59 Å². The van der Waals surface area contributed by atoms with Gasteiger partial charge in [-0.05, 0) is 72.8 Å². The highest BCUT2D eigenvalue weighted by Gasteiger charge is 2.66. The molecule has 3 heterocycles. The van der Waals surface area contributed by atoms with Gasteiger partial charge < -0.3 is 24.4 Å². The molecule has 3 aliphatic rings. The van der Waals surface area contributed by atoms with Crippen LogP contribution >= 0.6 is 15.9 Å². The molecule has 7 nitrogen and oxygen atoms in total. The zero-order chi connectivity index (χ0) is 31.2. The summed E-state index contributed by atoms with van der Waals surface area (Å²) in [5, 5.41) is 11.4. The molecule has 6 rings (SSSR count). The summed E-state index contributed by atoms with van der Waals surface area (Å²) in [7, 11) is -0.565. The largest absolute Gasteiger partial charge is 0.497 e. The van der Waals surface area contributed by atoms with E-state index in [0.29, 0.717) is 19.4 Å². The third kappa shape index (κ3) is 5.11. The Kier molecular flexibility index (Phi) is 8.52. The van der Waals surface area contributed by atoms with Crippen LogP contribution < -0.4 is 19.7 Å². The van der Waals surface area contributed by atoms with Crippen LogP contribution in [0.3, 0.4) is 0 Å². The molecule has 9 heteroatoms. The van der Waals surface area contributed by atoms with Gasteiger partial charge in [-0.1, -0.05) is 65.4 Å². The van der Waals surface area contributed by atoms with Crippen LogP contribution in [0.4, 0.5) is 11.4 Å². The number of carbonyl (C=O) groups excluding carboxylic acids is 2. The van der Waals surface area contributed by atoms with Crippen molar-refractivity contribution in [2.75, 3.05) is 30.1 Å². The normalized spacial score (nSPS) is 25.2. The van der Waals surface area contributed by atoms with Crippen molar-refractivity contribution in [1.82, 2.24) is 0 Å². The summed E-state index contributed by atoms with van der Waals surface area (Å²) in [4.78, 5) is 31.0. The molecule has 44 heavy (non-hydrogen) atoms. The molecule has 3 aliphatic heterocycles. The number of benzene rings is 3. The van der Waals surface area contributed by atoms with Gasteiger partial charge in [0, 0.05) is 41.2 Å². The molecular formula is C35H41BrN2O5Si. The minimum atomic E-state index is -2.23. The van der Waals surface area contributed by atoms with E-state index in [-0.39, 0.29) is 36.0 Å². The van der Waals surface area contributed by atoms with Crippen LogP contribution in [0.1, 0.15) is 43.7 Å². The van der Waals surface area contributed by atoms with Gasteiger partial charge in [0.15, 0.2) is 5.60 Å². The lowest BCUT2D eigenvalue weighted by molar-refractivity contribution is -0.146. The molecule has 4 atom stereocenters. The molecule has 3 aromatic carbocycles. The van der Waals surface area contributed by atoms with Gasteiger partial charge in [-0.25, -0.2) is 0 Å². The van der Waals surface area contributed by atoms with Crippen molar-refractivity contribution in [2.24, 2.45) is 5.92 Å². The molecule has 3 aromatic rings. The van der Waals surface area contributed by atoms with Crippen molar-refractivity contribution in [3.8, 4) is 5.75 Å². The predicted molar refractivity (Wildman–Crippen MR) is 179 cm³/mol. The van der Waals surface area contributed by atoms with E-state index < -0.39 is 13.7 Å². The number of rotatable bonds is 8. The number of methoxy groups -OCH3 is 1. The van der Waals surface area contributed by atoms with Crippen LogP contribution in [0.5, 0.6) is 5.75 Å². The molecule has 1 N–H and O–H groups in total. The molecule has 2 saturated heterocycles. The fourth-order valence-electron chi connectivity index (χ4n) is 7.88. The van der Waals surface area contributed by atoms with E-state index in [9.17, 15) is 14.7 Å². The van der Waals surface area contributed by atoms with Crippen molar-refractivity contribution in [1.29, 1.82) is 0 Å². The van der Waals surface area contributed by atoms with E-state index in [1.807, 2.05) is 64.4 Å². The molecule has 2 amide bonds. The Hall–Kier alpha value is -2.98. The summed E-state index contributed by atoms with van der Waals surface area (Å²) >= 11 is 3.66. The maximum atomic E-state index is 14.8. The van der Waals surface area contributed by atoms with Crippen LogP contribution in [0.2, 0.25) is 18.6 Å². The van der Waals surface area contributed by atoms with Crippen LogP contribution in [0, 0.1) is 5.92 Å². The Morgan fingerprint density at radius 1 is 1.05 bits per heavy atom. The number of hydrogen-bond acceptors (Lipinski definition) is 5. The lowest BCUT2D eigenvalue weighted by Crippen LogP contribution is -2.51. The van der Waals surface area contributed by atoms with Gasteiger partial charge in [0.05, 0.1) is 33.5 Å². The molecule has 2 fully saturated rings. The number of carbonyl (C=O) groups is 2. The first kappa shape index (κ1) is 31.0. The Bertz CT molecular complexity index is 1550. The second kappa shape index (κ2) is 12.1. The second-order valence-corrected chi connectivity index (χ2v) is 18.5. The number of amides is 2. The number of anilines is 2. The quantitative estimate of drug-likeness (QED) is 0.291. The van der Waals surface area contributed by atoms with Gasteiger partial charge in [-0.15, -0.1) is 0 Å². The number of nitrogens with zero attached hydrogens (tertiary/aromatic N) is 2. The highest BCUT2D eigenvalue weighted by atomic mass is 79.9. The van der Waals surface area contributed by atoms with E-state index in [2.05, 4.69) is 48.1 Å². The maximum absolute atomic E-state index is 14.8. The summed E-state index contributed by atoms with van der Waals surface area (Å²) in [5.41, 5.74) is 2.55. The summed E-state index contributed by atoms with van der Waals surface area (Å²) in [6, 6.07) is 22.3. The smallest absolute Gasteiger partial charge is 0.264 e. The third-order valence-electron chi connectivity index (χ3n) is 10.1. The molecule has 0 saturated carbocycles. The Balaban J connectivity index is 1.35. The zero-order valence-electron chi connectivity index (χ0n) is 25.9. The highest BCUT2D eigenvalue weighted by Crippen LogP contribution is 2.60. The topological polar surface area (TPSA) is 79.3 Å². The summed E-state index contributed by atoms with van der Waals surface area (Å²) in [6.07, 6.45) is 2.75. The van der Waals surface area contributed by atoms with Crippen molar-refractivity contribution in [2.45, 2.75) is 69.5 Å². The van der Waals surface area contributed by atoms with E-state index in [1.54, 1.807) is 7.11 Å². The van der Waals surface area contributed by atoms with E-state index in [4.69, 9.17) is 9.47 Å². The zero-order valence-corrected chi connectivity index (χ0v) is 28.5. The predicted octanol–water partition coefficient (Wildman–Crippen LogP) is 6.12. The second-order valence-electron chi connectivity index (χ2n) is 12.9. The van der Waals surface area contributed by atoms with E-state index in [1.165, 1.54) is 5.19 Å². The van der Waals surface area contributed by atoms with Gasteiger partial charge in [0.25, 0.3) is 5.91 Å². The number of hydrogen-bond donors (Lipinski definition) is 1. The molecular weight excluding hydrogens is 636 g/mol. The van der Waals surface area contributed by atoms with Crippen LogP contribution in [0.15, 0.2) is 71.2 Å². The Labute approximate surface area is 269 Å². The van der Waals surface area contributed by atoms with Gasteiger partial charge in [0.2, 0.25) is 5.91 Å². The van der Waals surface area contributed by atoms with Crippen molar-refractivity contribution < 1.29 is 24.2 Å². The lowest BCUT2D eigenvalue weighted by Gasteiger charge is -2.37. The average molecular weight is 678 g/mol. The SMILES string of the molecule is COc1ccc([Si](C)(C)[C@@H]2[C@@H](CCO)O[C@]3(C(=O)N(Cc4ccc(N5CCCCC5=O)cc4)c4ccc(Br)cc43)[C@H]2C)cc1. The van der Waals surface area contributed by atoms with E-state index in [0.717, 1.165) is 52.1 Å². The number of fused-ring (bicyclic) bond motifs is 2. The third-order valence-corrected chi connectivity index (χ3v) is 15.0. The minimum absolute atomic E-state index is 0.00776. The molecule has 0 radical (unpaired) electrons. The number of ether oxygens (including phenoxy) is 2. The number of aliphatic hydroxyl groups excluding tert-OH is 1. The van der Waals surface area contributed by atoms with Gasteiger partial charge in [0.1, 0.15) is 5.75 Å². The molecule has 0 bridgehead atoms. The van der Waals surface area contributed by atoms with Crippen LogP contribution in [0.25, 0.3) is 0 Å². The molecule has 232 valence electrons.